The molecule has 0 saturated heterocycles. The zero-order valence-electron chi connectivity index (χ0n) is 16.9. The Morgan fingerprint density at radius 3 is 2.85 bits per heavy atom. The topological polar surface area (TPSA) is 95.0 Å². The maximum Gasteiger partial charge on any atom is 0.387 e. The number of rotatable bonds is 4. The quantitative estimate of drug-likeness (QED) is 0.467. The predicted octanol–water partition coefficient (Wildman–Crippen LogP) is 3.55. The lowest BCUT2D eigenvalue weighted by Crippen LogP contribution is -2.32. The molecule has 3 heterocycles. The summed E-state index contributed by atoms with van der Waals surface area (Å²) in [6, 6.07) is 4.01. The number of fused-ring (bicyclic) bond motifs is 4. The van der Waals surface area contributed by atoms with E-state index in [2.05, 4.69) is 14.7 Å². The van der Waals surface area contributed by atoms with Gasteiger partial charge in [0, 0.05) is 18.7 Å². The molecule has 0 unspecified atom stereocenters. The molecule has 0 radical (unpaired) electrons. The number of benzene rings is 2. The fourth-order valence-electron chi connectivity index (χ4n) is 3.91. The Balaban J connectivity index is 1.52. The summed E-state index contributed by atoms with van der Waals surface area (Å²) < 4.78 is 65.3. The number of hydrogen-bond donors (Lipinski definition) is 1. The van der Waals surface area contributed by atoms with Crippen molar-refractivity contribution < 1.29 is 31.8 Å². The SMILES string of the molecule is CN(C(=O)c1cc2c(cc1F)nc(N)c1cncn12)[C@@H]1COc2c1ccc(OC(F)F)c2F. The fourth-order valence-corrected chi connectivity index (χ4v) is 3.91. The van der Waals surface area contributed by atoms with Gasteiger partial charge in [0.25, 0.3) is 5.91 Å². The van der Waals surface area contributed by atoms with Gasteiger partial charge in [0.15, 0.2) is 11.5 Å². The number of nitrogen functional groups attached to an aromatic ring is 1. The van der Waals surface area contributed by atoms with Gasteiger partial charge in [0.05, 0.1) is 35.2 Å². The van der Waals surface area contributed by atoms with Crippen LogP contribution in [0, 0.1) is 11.6 Å². The van der Waals surface area contributed by atoms with Crippen LogP contribution < -0.4 is 15.2 Å². The zero-order chi connectivity index (χ0) is 23.4. The molecule has 0 saturated carbocycles. The van der Waals surface area contributed by atoms with Gasteiger partial charge < -0.3 is 20.1 Å². The van der Waals surface area contributed by atoms with Crippen molar-refractivity contribution in [1.82, 2.24) is 19.3 Å². The number of alkyl halides is 2. The Kier molecular flexibility index (Phi) is 4.73. The van der Waals surface area contributed by atoms with Gasteiger partial charge in [-0.15, -0.1) is 0 Å². The van der Waals surface area contributed by atoms with Crippen molar-refractivity contribution in [2.75, 3.05) is 19.4 Å². The largest absolute Gasteiger partial charge is 0.487 e. The highest BCUT2D eigenvalue weighted by atomic mass is 19.3. The van der Waals surface area contributed by atoms with E-state index < -0.39 is 35.9 Å². The molecule has 170 valence electrons. The number of anilines is 1. The van der Waals surface area contributed by atoms with E-state index in [4.69, 9.17) is 10.5 Å². The molecule has 4 aromatic rings. The lowest BCUT2D eigenvalue weighted by atomic mass is 10.0. The van der Waals surface area contributed by atoms with Gasteiger partial charge in [-0.25, -0.2) is 14.4 Å². The molecule has 1 atom stereocenters. The minimum absolute atomic E-state index is 0.147. The summed E-state index contributed by atoms with van der Waals surface area (Å²) >= 11 is 0. The highest BCUT2D eigenvalue weighted by Crippen LogP contribution is 2.41. The third-order valence-corrected chi connectivity index (χ3v) is 5.54. The first-order chi connectivity index (χ1) is 15.8. The number of amides is 1. The van der Waals surface area contributed by atoms with Gasteiger partial charge in [0.2, 0.25) is 5.82 Å². The van der Waals surface area contributed by atoms with Crippen molar-refractivity contribution in [3.8, 4) is 11.5 Å². The Labute approximate surface area is 183 Å². The van der Waals surface area contributed by atoms with E-state index in [1.54, 1.807) is 4.40 Å². The average Bonchev–Trinajstić information content (AvgIpc) is 3.42. The second-order valence-electron chi connectivity index (χ2n) is 7.38. The number of aromatic nitrogens is 3. The monoisotopic (exact) mass is 461 g/mol. The molecule has 2 N–H and O–H groups in total. The van der Waals surface area contributed by atoms with E-state index in [1.165, 1.54) is 36.6 Å². The first-order valence-electron chi connectivity index (χ1n) is 9.64. The van der Waals surface area contributed by atoms with Crippen LogP contribution in [0.4, 0.5) is 23.4 Å². The molecule has 2 aromatic carbocycles. The second-order valence-corrected chi connectivity index (χ2v) is 7.38. The van der Waals surface area contributed by atoms with E-state index >= 15 is 0 Å². The summed E-state index contributed by atoms with van der Waals surface area (Å²) in [7, 11) is 1.41. The summed E-state index contributed by atoms with van der Waals surface area (Å²) in [6.07, 6.45) is 2.96. The van der Waals surface area contributed by atoms with Crippen molar-refractivity contribution in [2.45, 2.75) is 12.7 Å². The van der Waals surface area contributed by atoms with Crippen molar-refractivity contribution in [1.29, 1.82) is 0 Å². The maximum absolute atomic E-state index is 14.9. The summed E-state index contributed by atoms with van der Waals surface area (Å²) in [4.78, 5) is 22.5. The van der Waals surface area contributed by atoms with Gasteiger partial charge in [0.1, 0.15) is 23.8 Å². The molecule has 8 nitrogen and oxygen atoms in total. The second kappa shape index (κ2) is 7.50. The summed E-state index contributed by atoms with van der Waals surface area (Å²) in [6.45, 7) is -3.35. The molecule has 0 bridgehead atoms. The summed E-state index contributed by atoms with van der Waals surface area (Å²) in [5, 5.41) is 0. The molecule has 0 spiro atoms. The van der Waals surface area contributed by atoms with E-state index in [0.717, 1.165) is 12.1 Å². The lowest BCUT2D eigenvalue weighted by Gasteiger charge is -2.24. The van der Waals surface area contributed by atoms with Crippen molar-refractivity contribution in [3.63, 3.8) is 0 Å². The molecule has 1 aliphatic rings. The summed E-state index contributed by atoms with van der Waals surface area (Å²) in [5.41, 5.74) is 7.02. The van der Waals surface area contributed by atoms with Crippen LogP contribution in [0.2, 0.25) is 0 Å². The van der Waals surface area contributed by atoms with Crippen molar-refractivity contribution in [3.05, 3.63) is 59.6 Å². The zero-order valence-corrected chi connectivity index (χ0v) is 16.9. The van der Waals surface area contributed by atoms with E-state index in [0.29, 0.717) is 11.0 Å². The smallest absolute Gasteiger partial charge is 0.387 e. The number of hydrogen-bond acceptors (Lipinski definition) is 6. The molecular formula is C21H15F4N5O3. The molecular weight excluding hydrogens is 446 g/mol. The molecule has 5 rings (SSSR count). The van der Waals surface area contributed by atoms with Crippen LogP contribution in [0.25, 0.3) is 16.6 Å². The molecule has 12 heteroatoms. The van der Waals surface area contributed by atoms with Gasteiger partial charge in [-0.3, -0.25) is 9.20 Å². The number of nitrogens with two attached hydrogens (primary N) is 1. The minimum Gasteiger partial charge on any atom is -0.487 e. The lowest BCUT2D eigenvalue weighted by molar-refractivity contribution is -0.0523. The van der Waals surface area contributed by atoms with Crippen LogP contribution in [0.3, 0.4) is 0 Å². The Morgan fingerprint density at radius 1 is 1.30 bits per heavy atom. The standard InChI is InChI=1S/C21H15F4N5O3/c1-29(15-7-32-18-9(15)2-3-16(17(18)23)33-21(24)25)20(31)10-4-13-12(5-11(10)22)28-19(26)14-6-27-8-30(13)14/h2-6,8,15,21H,7H2,1H3,(H2,26,28)/t15-/m1/s1. The number of carbonyl (C=O) groups is 1. The Morgan fingerprint density at radius 2 is 2.09 bits per heavy atom. The minimum atomic E-state index is -3.21. The van der Waals surface area contributed by atoms with E-state index in [-0.39, 0.29) is 34.8 Å². The average molecular weight is 461 g/mol. The molecule has 0 fully saturated rings. The molecule has 0 aliphatic carbocycles. The van der Waals surface area contributed by atoms with Crippen LogP contribution in [0.5, 0.6) is 11.5 Å². The number of nitrogens with zero attached hydrogens (tertiary/aromatic N) is 4. The molecule has 1 aliphatic heterocycles. The van der Waals surface area contributed by atoms with Gasteiger partial charge in [-0.05, 0) is 18.2 Å². The fraction of sp³-hybridized carbons (Fsp3) is 0.190. The Hall–Kier alpha value is -4.09. The molecule has 33 heavy (non-hydrogen) atoms. The third-order valence-electron chi connectivity index (χ3n) is 5.54. The first-order valence-corrected chi connectivity index (χ1v) is 9.64. The van der Waals surface area contributed by atoms with Crippen LogP contribution in [0.15, 0.2) is 36.8 Å². The third kappa shape index (κ3) is 3.25. The number of imidazole rings is 1. The van der Waals surface area contributed by atoms with E-state index in [1.807, 2.05) is 0 Å². The van der Waals surface area contributed by atoms with Gasteiger partial charge >= 0.3 is 6.61 Å². The predicted molar refractivity (Wildman–Crippen MR) is 108 cm³/mol. The van der Waals surface area contributed by atoms with Crippen LogP contribution in [0.1, 0.15) is 22.0 Å². The highest BCUT2D eigenvalue weighted by Gasteiger charge is 2.35. The Bertz CT molecular complexity index is 1420. The van der Waals surface area contributed by atoms with Crippen LogP contribution >= 0.6 is 0 Å². The van der Waals surface area contributed by atoms with Gasteiger partial charge in [-0.2, -0.15) is 13.2 Å². The van der Waals surface area contributed by atoms with Crippen molar-refractivity contribution >= 4 is 28.3 Å². The van der Waals surface area contributed by atoms with Crippen LogP contribution in [-0.2, 0) is 0 Å². The molecule has 2 aromatic heterocycles. The highest BCUT2D eigenvalue weighted by molar-refractivity contribution is 5.98. The summed E-state index contributed by atoms with van der Waals surface area (Å²) in [5.74, 6) is -3.43. The first kappa shape index (κ1) is 20.8. The van der Waals surface area contributed by atoms with Crippen molar-refractivity contribution in [2.24, 2.45) is 0 Å². The number of ether oxygens (including phenoxy) is 2. The maximum atomic E-state index is 14.9. The van der Waals surface area contributed by atoms with E-state index in [9.17, 15) is 22.4 Å². The normalized spacial score (nSPS) is 15.2. The van der Waals surface area contributed by atoms with Gasteiger partial charge in [-0.1, -0.05) is 0 Å². The number of halogens is 4. The number of likely N-dealkylation sites (N-methyl/N-ethyl adjacent to an activating group) is 1. The molecule has 1 amide bonds. The van der Waals surface area contributed by atoms with Crippen LogP contribution in [-0.4, -0.2) is 45.4 Å². The number of carbonyl (C=O) groups excluding carboxylic acids is 1.